The molecule has 2 rings (SSSR count). The number of rotatable bonds is 3. The fraction of sp³-hybridized carbons (Fsp3) is 0.200. The molecule has 19 heavy (non-hydrogen) atoms. The summed E-state index contributed by atoms with van der Waals surface area (Å²) >= 11 is 0. The van der Waals surface area contributed by atoms with Gasteiger partial charge in [-0.25, -0.2) is 4.39 Å². The summed E-state index contributed by atoms with van der Waals surface area (Å²) < 4.78 is 13.1. The van der Waals surface area contributed by atoms with Crippen molar-refractivity contribution in [1.82, 2.24) is 0 Å². The largest absolute Gasteiger partial charge is 0.443 e. The molecule has 0 atom stereocenters. The molecular formula is C15H17BFNO. The van der Waals surface area contributed by atoms with Gasteiger partial charge in [0.05, 0.1) is 0 Å². The predicted octanol–water partition coefficient (Wildman–Crippen LogP) is 1.12. The summed E-state index contributed by atoms with van der Waals surface area (Å²) in [6.45, 7) is 3.02. The van der Waals surface area contributed by atoms with Crippen LogP contribution in [0.15, 0.2) is 48.5 Å². The molecule has 0 aliphatic heterocycles. The highest BCUT2D eigenvalue weighted by Gasteiger charge is 2.19. The first kappa shape index (κ1) is 13.8. The minimum absolute atomic E-state index is 0.351. The van der Waals surface area contributed by atoms with Gasteiger partial charge >= 0.3 is 6.92 Å². The summed E-state index contributed by atoms with van der Waals surface area (Å²) in [5, 5.41) is 10.2. The fourth-order valence-corrected chi connectivity index (χ4v) is 1.96. The molecule has 0 bridgehead atoms. The maximum Gasteiger partial charge on any atom is 0.359 e. The van der Waals surface area contributed by atoms with E-state index in [4.69, 9.17) is 5.73 Å². The van der Waals surface area contributed by atoms with Crippen LogP contribution in [0.25, 0.3) is 0 Å². The van der Waals surface area contributed by atoms with Crippen LogP contribution in [0.3, 0.4) is 0 Å². The lowest BCUT2D eigenvalue weighted by atomic mass is 9.56. The Morgan fingerprint density at radius 1 is 1.05 bits per heavy atom. The normalized spacial score (nSPS) is 11.4. The van der Waals surface area contributed by atoms with Crippen LogP contribution in [0.1, 0.15) is 19.4 Å². The predicted molar refractivity (Wildman–Crippen MR) is 77.3 cm³/mol. The first-order chi connectivity index (χ1) is 8.88. The molecule has 4 heteroatoms. The molecular weight excluding hydrogens is 240 g/mol. The quantitative estimate of drug-likeness (QED) is 0.809. The van der Waals surface area contributed by atoms with Crippen LogP contribution in [0.4, 0.5) is 4.39 Å². The second-order valence-electron chi connectivity index (χ2n) is 5.30. The van der Waals surface area contributed by atoms with Crippen LogP contribution in [0, 0.1) is 5.82 Å². The maximum atomic E-state index is 13.1. The molecule has 2 aromatic rings. The van der Waals surface area contributed by atoms with E-state index >= 15 is 0 Å². The molecule has 0 unspecified atom stereocenters. The van der Waals surface area contributed by atoms with Gasteiger partial charge in [-0.3, -0.25) is 0 Å². The van der Waals surface area contributed by atoms with Crippen molar-refractivity contribution in [2.75, 3.05) is 0 Å². The zero-order chi connectivity index (χ0) is 14.0. The second-order valence-corrected chi connectivity index (χ2v) is 5.30. The topological polar surface area (TPSA) is 46.2 Å². The molecule has 0 radical (unpaired) electrons. The Balaban J connectivity index is 2.27. The van der Waals surface area contributed by atoms with Crippen molar-refractivity contribution in [3.63, 3.8) is 0 Å². The van der Waals surface area contributed by atoms with Gasteiger partial charge in [0.15, 0.2) is 0 Å². The standard InChI is InChI=1S/C15H17BFNO/c1-15(2,18)11-6-8-12(9-7-11)16(19)13-4-3-5-14(17)10-13/h3-10,19H,18H2,1-2H3. The summed E-state index contributed by atoms with van der Waals surface area (Å²) in [4.78, 5) is 0. The van der Waals surface area contributed by atoms with Gasteiger partial charge in [0.2, 0.25) is 0 Å². The van der Waals surface area contributed by atoms with E-state index < -0.39 is 12.5 Å². The van der Waals surface area contributed by atoms with E-state index in [0.717, 1.165) is 11.0 Å². The number of hydrogen-bond donors (Lipinski definition) is 2. The van der Waals surface area contributed by atoms with Crippen molar-refractivity contribution < 1.29 is 9.41 Å². The van der Waals surface area contributed by atoms with Crippen LogP contribution in [-0.2, 0) is 5.54 Å². The van der Waals surface area contributed by atoms with Gasteiger partial charge in [-0.05, 0) is 42.5 Å². The average molecular weight is 257 g/mol. The van der Waals surface area contributed by atoms with Crippen molar-refractivity contribution in [1.29, 1.82) is 0 Å². The van der Waals surface area contributed by atoms with Crippen molar-refractivity contribution >= 4 is 17.8 Å². The Morgan fingerprint density at radius 2 is 1.68 bits per heavy atom. The Labute approximate surface area is 113 Å². The summed E-state index contributed by atoms with van der Waals surface area (Å²) in [5.74, 6) is -0.351. The Bertz CT molecular complexity index is 563. The lowest BCUT2D eigenvalue weighted by Crippen LogP contribution is -2.42. The molecule has 2 aromatic carbocycles. The highest BCUT2D eigenvalue weighted by molar-refractivity contribution is 6.78. The third-order valence-corrected chi connectivity index (χ3v) is 3.13. The van der Waals surface area contributed by atoms with E-state index in [-0.39, 0.29) is 5.82 Å². The van der Waals surface area contributed by atoms with E-state index in [1.54, 1.807) is 12.1 Å². The zero-order valence-corrected chi connectivity index (χ0v) is 11.1. The minimum Gasteiger partial charge on any atom is -0.443 e. The molecule has 98 valence electrons. The van der Waals surface area contributed by atoms with Gasteiger partial charge in [0.25, 0.3) is 0 Å². The van der Waals surface area contributed by atoms with E-state index in [2.05, 4.69) is 0 Å². The molecule has 0 aromatic heterocycles. The van der Waals surface area contributed by atoms with E-state index in [1.807, 2.05) is 38.1 Å². The van der Waals surface area contributed by atoms with Gasteiger partial charge in [0.1, 0.15) is 5.82 Å². The number of halogens is 1. The van der Waals surface area contributed by atoms with E-state index in [0.29, 0.717) is 5.46 Å². The number of nitrogens with two attached hydrogens (primary N) is 1. The highest BCUT2D eigenvalue weighted by Crippen LogP contribution is 2.14. The third-order valence-electron chi connectivity index (χ3n) is 3.13. The van der Waals surface area contributed by atoms with Crippen molar-refractivity contribution in [2.45, 2.75) is 19.4 Å². The Hall–Kier alpha value is -1.65. The summed E-state index contributed by atoms with van der Waals surface area (Å²) in [7, 11) is 0. The SMILES string of the molecule is CC(C)(N)c1ccc(B(O)c2cccc(F)c2)cc1. The van der Waals surface area contributed by atoms with E-state index in [1.165, 1.54) is 12.1 Å². The molecule has 0 heterocycles. The van der Waals surface area contributed by atoms with Gasteiger partial charge < -0.3 is 10.8 Å². The lowest BCUT2D eigenvalue weighted by molar-refractivity contribution is 0.554. The minimum atomic E-state index is -0.828. The van der Waals surface area contributed by atoms with Crippen LogP contribution < -0.4 is 16.7 Å². The Morgan fingerprint density at radius 3 is 2.21 bits per heavy atom. The van der Waals surface area contributed by atoms with Crippen molar-refractivity contribution in [3.8, 4) is 0 Å². The molecule has 0 saturated carbocycles. The summed E-state index contributed by atoms with van der Waals surface area (Å²) in [6, 6.07) is 13.4. The zero-order valence-electron chi connectivity index (χ0n) is 11.1. The third kappa shape index (κ3) is 3.22. The molecule has 3 N–H and O–H groups in total. The van der Waals surface area contributed by atoms with Crippen LogP contribution in [0.5, 0.6) is 0 Å². The van der Waals surface area contributed by atoms with Gasteiger partial charge in [-0.1, -0.05) is 36.4 Å². The highest BCUT2D eigenvalue weighted by atomic mass is 19.1. The summed E-state index contributed by atoms with van der Waals surface area (Å²) in [6.07, 6.45) is 0. The first-order valence-corrected chi connectivity index (χ1v) is 6.21. The first-order valence-electron chi connectivity index (χ1n) is 6.21. The smallest absolute Gasteiger partial charge is 0.359 e. The molecule has 0 aliphatic rings. The molecule has 2 nitrogen and oxygen atoms in total. The second kappa shape index (κ2) is 5.15. The fourth-order valence-electron chi connectivity index (χ4n) is 1.96. The molecule has 0 fully saturated rings. The van der Waals surface area contributed by atoms with Gasteiger partial charge in [-0.15, -0.1) is 0 Å². The van der Waals surface area contributed by atoms with Crippen LogP contribution >= 0.6 is 0 Å². The average Bonchev–Trinajstić information content (AvgIpc) is 2.37. The lowest BCUT2D eigenvalue weighted by Gasteiger charge is -2.19. The monoisotopic (exact) mass is 257 g/mol. The Kier molecular flexibility index (Phi) is 3.74. The van der Waals surface area contributed by atoms with Gasteiger partial charge in [0, 0.05) is 5.54 Å². The molecule has 0 saturated heterocycles. The molecule has 0 aliphatic carbocycles. The van der Waals surface area contributed by atoms with Crippen LogP contribution in [-0.4, -0.2) is 11.9 Å². The molecule has 0 spiro atoms. The number of benzene rings is 2. The summed E-state index contributed by atoms with van der Waals surface area (Å²) in [5.41, 5.74) is 7.84. The van der Waals surface area contributed by atoms with Crippen LogP contribution in [0.2, 0.25) is 0 Å². The maximum absolute atomic E-state index is 13.1. The van der Waals surface area contributed by atoms with Gasteiger partial charge in [-0.2, -0.15) is 0 Å². The van der Waals surface area contributed by atoms with Crippen molar-refractivity contribution in [2.24, 2.45) is 5.73 Å². The molecule has 0 amide bonds. The van der Waals surface area contributed by atoms with Crippen molar-refractivity contribution in [3.05, 3.63) is 59.9 Å². The number of hydrogen-bond acceptors (Lipinski definition) is 2. The van der Waals surface area contributed by atoms with E-state index in [9.17, 15) is 9.41 Å².